The van der Waals surface area contributed by atoms with Crippen molar-refractivity contribution in [3.8, 4) is 11.5 Å². The molecule has 0 aliphatic carbocycles. The lowest BCUT2D eigenvalue weighted by Gasteiger charge is -2.20. The second kappa shape index (κ2) is 9.82. The number of nitrogens with zero attached hydrogens (tertiary/aromatic N) is 1. The zero-order valence-electron chi connectivity index (χ0n) is 18.0. The summed E-state index contributed by atoms with van der Waals surface area (Å²) >= 11 is 6.23. The van der Waals surface area contributed by atoms with Crippen molar-refractivity contribution in [1.29, 1.82) is 0 Å². The molecule has 1 heterocycles. The number of rotatable bonds is 7. The van der Waals surface area contributed by atoms with Crippen molar-refractivity contribution in [2.24, 2.45) is 0 Å². The molecule has 0 bridgehead atoms. The van der Waals surface area contributed by atoms with Crippen LogP contribution in [0.5, 0.6) is 11.5 Å². The molecule has 0 atom stereocenters. The number of hydrogen-bond acceptors (Lipinski definition) is 5. The van der Waals surface area contributed by atoms with Crippen LogP contribution in [-0.2, 0) is 27.8 Å². The lowest BCUT2D eigenvalue weighted by molar-refractivity contribution is -0.115. The first-order valence-electron chi connectivity index (χ1n) is 10.3. The number of amides is 1. The Balaban J connectivity index is 1.40. The molecular weight excluding hydrogens is 464 g/mol. The van der Waals surface area contributed by atoms with Crippen LogP contribution in [0.25, 0.3) is 0 Å². The van der Waals surface area contributed by atoms with E-state index in [1.165, 1.54) is 23.5 Å². The van der Waals surface area contributed by atoms with Crippen molar-refractivity contribution in [3.05, 3.63) is 82.9 Å². The molecule has 0 saturated heterocycles. The van der Waals surface area contributed by atoms with Crippen molar-refractivity contribution in [2.45, 2.75) is 17.9 Å². The topological polar surface area (TPSA) is 84.9 Å². The summed E-state index contributed by atoms with van der Waals surface area (Å²) in [6, 6.07) is 18.9. The van der Waals surface area contributed by atoms with Gasteiger partial charge in [-0.15, -0.1) is 0 Å². The van der Waals surface area contributed by atoms with Gasteiger partial charge >= 0.3 is 0 Å². The fourth-order valence-electron chi connectivity index (χ4n) is 3.47. The number of halogens is 1. The monoisotopic (exact) mass is 486 g/mol. The predicted octanol–water partition coefficient (Wildman–Crippen LogP) is 4.11. The summed E-state index contributed by atoms with van der Waals surface area (Å²) in [5.74, 6) is 0.742. The predicted molar refractivity (Wildman–Crippen MR) is 126 cm³/mol. The highest BCUT2D eigenvalue weighted by Gasteiger charge is 2.21. The minimum absolute atomic E-state index is 0.0796. The highest BCUT2D eigenvalue weighted by atomic mass is 35.5. The molecule has 9 heteroatoms. The van der Waals surface area contributed by atoms with Crippen molar-refractivity contribution >= 4 is 33.2 Å². The first kappa shape index (κ1) is 23.1. The van der Waals surface area contributed by atoms with E-state index in [1.807, 2.05) is 30.3 Å². The number of carbonyl (C=O) groups is 1. The molecular formula is C24H23ClN2O5S. The maximum absolute atomic E-state index is 12.9. The summed E-state index contributed by atoms with van der Waals surface area (Å²) in [6.45, 7) is 1.12. The molecule has 0 saturated carbocycles. The molecule has 172 valence electrons. The summed E-state index contributed by atoms with van der Waals surface area (Å²) in [7, 11) is -2.13. The van der Waals surface area contributed by atoms with Gasteiger partial charge in [0.25, 0.3) is 0 Å². The summed E-state index contributed by atoms with van der Waals surface area (Å²) < 4.78 is 38.1. The molecule has 1 N–H and O–H groups in total. The van der Waals surface area contributed by atoms with Crippen LogP contribution in [0.4, 0.5) is 5.69 Å². The number of nitrogens with one attached hydrogen (secondary N) is 1. The van der Waals surface area contributed by atoms with Crippen LogP contribution in [0.1, 0.15) is 11.1 Å². The van der Waals surface area contributed by atoms with Gasteiger partial charge in [0.1, 0.15) is 13.2 Å². The quantitative estimate of drug-likeness (QED) is 0.543. The molecule has 3 aromatic carbocycles. The minimum Gasteiger partial charge on any atom is -0.486 e. The smallest absolute Gasteiger partial charge is 0.243 e. The van der Waals surface area contributed by atoms with Gasteiger partial charge in [-0.2, -0.15) is 4.31 Å². The van der Waals surface area contributed by atoms with Crippen LogP contribution in [0, 0.1) is 0 Å². The molecule has 3 aromatic rings. The van der Waals surface area contributed by atoms with Crippen molar-refractivity contribution < 1.29 is 22.7 Å². The third kappa shape index (κ3) is 5.47. The normalized spacial score (nSPS) is 13.1. The zero-order chi connectivity index (χ0) is 23.4. The molecule has 1 amide bonds. The number of sulfonamides is 1. The molecule has 33 heavy (non-hydrogen) atoms. The number of carbonyl (C=O) groups excluding carboxylic acids is 1. The van der Waals surface area contributed by atoms with Gasteiger partial charge in [0.15, 0.2) is 11.5 Å². The Morgan fingerprint density at radius 3 is 2.42 bits per heavy atom. The van der Waals surface area contributed by atoms with E-state index in [0.29, 0.717) is 41.0 Å². The van der Waals surface area contributed by atoms with Crippen LogP contribution < -0.4 is 14.8 Å². The van der Waals surface area contributed by atoms with E-state index >= 15 is 0 Å². The molecule has 0 unspecified atom stereocenters. The van der Waals surface area contributed by atoms with Gasteiger partial charge in [-0.05, 0) is 47.5 Å². The van der Waals surface area contributed by atoms with E-state index in [9.17, 15) is 13.2 Å². The lowest BCUT2D eigenvalue weighted by atomic mass is 10.1. The van der Waals surface area contributed by atoms with Crippen molar-refractivity contribution in [1.82, 2.24) is 4.31 Å². The van der Waals surface area contributed by atoms with Gasteiger partial charge in [0.05, 0.1) is 16.3 Å². The van der Waals surface area contributed by atoms with Gasteiger partial charge in [-0.25, -0.2) is 8.42 Å². The van der Waals surface area contributed by atoms with Gasteiger partial charge in [0, 0.05) is 19.3 Å². The molecule has 0 radical (unpaired) electrons. The van der Waals surface area contributed by atoms with Crippen LogP contribution in [0.2, 0.25) is 5.02 Å². The fourth-order valence-corrected chi connectivity index (χ4v) is 4.92. The Labute approximate surface area is 197 Å². The van der Waals surface area contributed by atoms with E-state index in [1.54, 1.807) is 24.3 Å². The number of fused-ring (bicyclic) bond motifs is 1. The average molecular weight is 487 g/mol. The van der Waals surface area contributed by atoms with Gasteiger partial charge in [0.2, 0.25) is 15.9 Å². The number of hydrogen-bond donors (Lipinski definition) is 1. The third-order valence-corrected chi connectivity index (χ3v) is 7.21. The minimum atomic E-state index is -3.66. The number of benzene rings is 3. The summed E-state index contributed by atoms with van der Waals surface area (Å²) in [4.78, 5) is 12.7. The maximum Gasteiger partial charge on any atom is 0.243 e. The summed E-state index contributed by atoms with van der Waals surface area (Å²) in [5, 5.41) is 3.17. The maximum atomic E-state index is 12.9. The summed E-state index contributed by atoms with van der Waals surface area (Å²) in [5.41, 5.74) is 2.07. The Morgan fingerprint density at radius 1 is 1.00 bits per heavy atom. The molecule has 0 fully saturated rings. The molecule has 1 aliphatic rings. The van der Waals surface area contributed by atoms with Crippen LogP contribution in [0.3, 0.4) is 0 Å². The summed E-state index contributed by atoms with van der Waals surface area (Å²) in [6.07, 6.45) is 0.0796. The van der Waals surface area contributed by atoms with Crippen molar-refractivity contribution in [2.75, 3.05) is 25.6 Å². The standard InChI is InChI=1S/C24H23ClN2O5S/c1-27(16-17-5-3-2-4-6-17)33(29,30)20-9-7-19(8-10-20)26-23(28)15-18-13-21(25)24-22(14-18)31-11-12-32-24/h2-10,13-14H,11-12,15-16H2,1H3,(H,26,28). The van der Waals surface area contributed by atoms with E-state index in [4.69, 9.17) is 21.1 Å². The highest BCUT2D eigenvalue weighted by Crippen LogP contribution is 2.38. The molecule has 1 aliphatic heterocycles. The average Bonchev–Trinajstić information content (AvgIpc) is 2.80. The molecule has 0 spiro atoms. The Bertz CT molecular complexity index is 1250. The highest BCUT2D eigenvalue weighted by molar-refractivity contribution is 7.89. The van der Waals surface area contributed by atoms with E-state index in [-0.39, 0.29) is 23.8 Å². The molecule has 0 aromatic heterocycles. The van der Waals surface area contributed by atoms with Crippen molar-refractivity contribution in [3.63, 3.8) is 0 Å². The molecule has 4 rings (SSSR count). The van der Waals surface area contributed by atoms with E-state index < -0.39 is 10.0 Å². The van der Waals surface area contributed by atoms with Crippen LogP contribution >= 0.6 is 11.6 Å². The first-order valence-corrected chi connectivity index (χ1v) is 12.1. The van der Waals surface area contributed by atoms with Crippen LogP contribution in [-0.4, -0.2) is 38.9 Å². The van der Waals surface area contributed by atoms with Gasteiger partial charge < -0.3 is 14.8 Å². The van der Waals surface area contributed by atoms with Crippen LogP contribution in [0.15, 0.2) is 71.6 Å². The van der Waals surface area contributed by atoms with Gasteiger partial charge in [-0.1, -0.05) is 41.9 Å². The largest absolute Gasteiger partial charge is 0.486 e. The fraction of sp³-hybridized carbons (Fsp3) is 0.208. The lowest BCUT2D eigenvalue weighted by Crippen LogP contribution is -2.26. The Hall–Kier alpha value is -3.07. The molecule has 7 nitrogen and oxygen atoms in total. The second-order valence-corrected chi connectivity index (χ2v) is 10.0. The zero-order valence-corrected chi connectivity index (χ0v) is 19.5. The number of ether oxygens (including phenoxy) is 2. The first-order chi connectivity index (χ1) is 15.8. The second-order valence-electron chi connectivity index (χ2n) is 7.60. The number of anilines is 1. The SMILES string of the molecule is CN(Cc1ccccc1)S(=O)(=O)c1ccc(NC(=O)Cc2cc(Cl)c3c(c2)OCCO3)cc1. The van der Waals surface area contributed by atoms with E-state index in [2.05, 4.69) is 5.32 Å². The Morgan fingerprint density at radius 2 is 1.70 bits per heavy atom. The third-order valence-electron chi connectivity index (χ3n) is 5.12. The Kier molecular flexibility index (Phi) is 6.88. The van der Waals surface area contributed by atoms with Gasteiger partial charge in [-0.3, -0.25) is 4.79 Å². The van der Waals surface area contributed by atoms with E-state index in [0.717, 1.165) is 5.56 Å².